The lowest BCUT2D eigenvalue weighted by Crippen LogP contribution is -2.05. The molecule has 0 saturated heterocycles. The van der Waals surface area contributed by atoms with Gasteiger partial charge in [-0.2, -0.15) is 0 Å². The maximum absolute atomic E-state index is 13.2. The van der Waals surface area contributed by atoms with Gasteiger partial charge in [0.1, 0.15) is 56.5 Å². The zero-order valence-electron chi connectivity index (χ0n) is 20.7. The van der Waals surface area contributed by atoms with Crippen LogP contribution in [0.5, 0.6) is 46.0 Å². The minimum atomic E-state index is -0.588. The van der Waals surface area contributed by atoms with E-state index in [4.69, 9.17) is 13.6 Å². The molecule has 11 heteroatoms. The number of ether oxygens (including phenoxy) is 1. The molecule has 6 aromatic rings. The van der Waals surface area contributed by atoms with Gasteiger partial charge in [0.2, 0.25) is 0 Å². The summed E-state index contributed by atoms with van der Waals surface area (Å²) < 4.78 is 17.5. The third kappa shape index (κ3) is 4.46. The van der Waals surface area contributed by atoms with Crippen molar-refractivity contribution in [3.8, 4) is 68.6 Å². The second-order valence-corrected chi connectivity index (χ2v) is 9.09. The van der Waals surface area contributed by atoms with E-state index in [1.54, 1.807) is 0 Å². The van der Waals surface area contributed by atoms with Crippen molar-refractivity contribution in [2.24, 2.45) is 0 Å². The molecular formula is C30H18O11. The fourth-order valence-electron chi connectivity index (χ4n) is 4.39. The molecule has 6 N–H and O–H groups in total. The number of aromatic hydroxyl groups is 6. The van der Waals surface area contributed by atoms with E-state index in [-0.39, 0.29) is 79.1 Å². The number of hydrogen-bond donors (Lipinski definition) is 6. The van der Waals surface area contributed by atoms with Gasteiger partial charge in [0.15, 0.2) is 33.9 Å². The van der Waals surface area contributed by atoms with Gasteiger partial charge in [-0.25, -0.2) is 0 Å². The van der Waals surface area contributed by atoms with Crippen LogP contribution in [0.3, 0.4) is 0 Å². The molecule has 0 radical (unpaired) electrons. The van der Waals surface area contributed by atoms with Gasteiger partial charge in [0, 0.05) is 47.5 Å². The van der Waals surface area contributed by atoms with Crippen LogP contribution in [0.1, 0.15) is 0 Å². The molecule has 0 aliphatic carbocycles. The van der Waals surface area contributed by atoms with E-state index in [2.05, 4.69) is 0 Å². The predicted octanol–water partition coefficient (Wildman–Crippen LogP) is 5.26. The Labute approximate surface area is 228 Å². The lowest BCUT2D eigenvalue weighted by Gasteiger charge is -2.13. The molecule has 0 unspecified atom stereocenters. The van der Waals surface area contributed by atoms with Gasteiger partial charge in [-0.05, 0) is 36.4 Å². The van der Waals surface area contributed by atoms with E-state index in [1.165, 1.54) is 48.5 Å². The zero-order valence-corrected chi connectivity index (χ0v) is 20.7. The monoisotopic (exact) mass is 554 g/mol. The summed E-state index contributed by atoms with van der Waals surface area (Å²) in [4.78, 5) is 26.4. The first-order valence-corrected chi connectivity index (χ1v) is 11.9. The summed E-state index contributed by atoms with van der Waals surface area (Å²) in [6.45, 7) is 0. The first kappa shape index (κ1) is 25.2. The molecule has 0 aliphatic rings. The van der Waals surface area contributed by atoms with Gasteiger partial charge in [-0.1, -0.05) is 0 Å². The lowest BCUT2D eigenvalue weighted by atomic mass is 10.1. The fraction of sp³-hybridized carbons (Fsp3) is 0. The van der Waals surface area contributed by atoms with Crippen molar-refractivity contribution >= 4 is 21.9 Å². The molecular weight excluding hydrogens is 536 g/mol. The number of benzene rings is 4. The van der Waals surface area contributed by atoms with Crippen molar-refractivity contribution < 1.29 is 44.2 Å². The smallest absolute Gasteiger partial charge is 0.197 e. The number of fused-ring (bicyclic) bond motifs is 2. The Morgan fingerprint density at radius 1 is 0.488 bits per heavy atom. The highest BCUT2D eigenvalue weighted by Crippen LogP contribution is 2.39. The van der Waals surface area contributed by atoms with Crippen molar-refractivity contribution in [3.63, 3.8) is 0 Å². The summed E-state index contributed by atoms with van der Waals surface area (Å²) in [6.07, 6.45) is 0. The minimum absolute atomic E-state index is 0.0330. The Bertz CT molecular complexity index is 1990. The second-order valence-electron chi connectivity index (χ2n) is 9.09. The maximum atomic E-state index is 13.2. The zero-order chi connectivity index (χ0) is 29.0. The first-order chi connectivity index (χ1) is 19.6. The van der Waals surface area contributed by atoms with Crippen molar-refractivity contribution in [3.05, 3.63) is 93.2 Å². The molecule has 204 valence electrons. The van der Waals surface area contributed by atoms with E-state index in [0.29, 0.717) is 0 Å². The fourth-order valence-corrected chi connectivity index (χ4v) is 4.39. The van der Waals surface area contributed by atoms with Crippen LogP contribution in [0.25, 0.3) is 44.6 Å². The number of hydrogen-bond acceptors (Lipinski definition) is 11. The van der Waals surface area contributed by atoms with Crippen LogP contribution in [0.4, 0.5) is 0 Å². The molecule has 2 heterocycles. The molecule has 41 heavy (non-hydrogen) atoms. The van der Waals surface area contributed by atoms with Crippen molar-refractivity contribution in [2.45, 2.75) is 0 Å². The molecule has 0 spiro atoms. The van der Waals surface area contributed by atoms with E-state index >= 15 is 0 Å². The molecule has 0 aliphatic heterocycles. The van der Waals surface area contributed by atoms with Gasteiger partial charge in [-0.3, -0.25) is 9.59 Å². The molecule has 6 rings (SSSR count). The van der Waals surface area contributed by atoms with E-state index < -0.39 is 22.4 Å². The first-order valence-electron chi connectivity index (χ1n) is 11.9. The van der Waals surface area contributed by atoms with Crippen LogP contribution in [-0.2, 0) is 0 Å². The van der Waals surface area contributed by atoms with Gasteiger partial charge < -0.3 is 44.2 Å². The Balaban J connectivity index is 1.49. The summed E-state index contributed by atoms with van der Waals surface area (Å²) >= 11 is 0. The van der Waals surface area contributed by atoms with Gasteiger partial charge in [0.25, 0.3) is 0 Å². The average Bonchev–Trinajstić information content (AvgIpc) is 2.90. The Kier molecular flexibility index (Phi) is 5.70. The predicted molar refractivity (Wildman–Crippen MR) is 146 cm³/mol. The van der Waals surface area contributed by atoms with E-state index in [1.807, 2.05) is 0 Å². The molecule has 2 aromatic heterocycles. The standard InChI is InChI=1S/C30H18O11/c31-15-7-25-29(21(37)11-23(39-25)13-1-3-17(33)19(35)5-13)27(9-15)41-28-10-16(32)8-26-30(28)22(38)12-24(40-26)14-2-4-18(34)20(36)6-14/h1-12,31-36H. The molecule has 0 saturated carbocycles. The summed E-state index contributed by atoms with van der Waals surface area (Å²) in [5.74, 6) is -2.56. The summed E-state index contributed by atoms with van der Waals surface area (Å²) in [7, 11) is 0. The van der Waals surface area contributed by atoms with E-state index in [9.17, 15) is 40.2 Å². The topological polar surface area (TPSA) is 191 Å². The maximum Gasteiger partial charge on any atom is 0.197 e. The van der Waals surface area contributed by atoms with Crippen LogP contribution in [0, 0.1) is 0 Å². The normalized spacial score (nSPS) is 11.2. The van der Waals surface area contributed by atoms with Gasteiger partial charge in [0.05, 0.1) is 0 Å². The number of phenolic OH excluding ortho intramolecular Hbond substituents is 6. The van der Waals surface area contributed by atoms with Crippen LogP contribution >= 0.6 is 0 Å². The minimum Gasteiger partial charge on any atom is -0.508 e. The Morgan fingerprint density at radius 2 is 0.902 bits per heavy atom. The van der Waals surface area contributed by atoms with Gasteiger partial charge >= 0.3 is 0 Å². The van der Waals surface area contributed by atoms with E-state index in [0.717, 1.165) is 24.3 Å². The molecule has 0 atom stereocenters. The number of rotatable bonds is 4. The summed E-state index contributed by atoms with van der Waals surface area (Å²) in [5, 5.41) is 59.4. The molecule has 4 aromatic carbocycles. The van der Waals surface area contributed by atoms with Crippen LogP contribution in [-0.4, -0.2) is 30.6 Å². The van der Waals surface area contributed by atoms with Crippen LogP contribution in [0.15, 0.2) is 91.2 Å². The third-order valence-corrected chi connectivity index (χ3v) is 6.30. The summed E-state index contributed by atoms with van der Waals surface area (Å²) in [6, 6.07) is 14.6. The molecule has 11 nitrogen and oxygen atoms in total. The van der Waals surface area contributed by atoms with Gasteiger partial charge in [-0.15, -0.1) is 0 Å². The molecule has 0 amide bonds. The highest BCUT2D eigenvalue weighted by atomic mass is 16.5. The second kappa shape index (κ2) is 9.27. The number of phenols is 6. The van der Waals surface area contributed by atoms with Crippen LogP contribution < -0.4 is 15.6 Å². The van der Waals surface area contributed by atoms with Crippen molar-refractivity contribution in [1.82, 2.24) is 0 Å². The average molecular weight is 554 g/mol. The molecule has 0 fully saturated rings. The Morgan fingerprint density at radius 3 is 1.29 bits per heavy atom. The molecule has 0 bridgehead atoms. The van der Waals surface area contributed by atoms with Crippen molar-refractivity contribution in [1.29, 1.82) is 0 Å². The lowest BCUT2D eigenvalue weighted by molar-refractivity contribution is 0.404. The Hall–Kier alpha value is -6.10. The van der Waals surface area contributed by atoms with Crippen molar-refractivity contribution in [2.75, 3.05) is 0 Å². The third-order valence-electron chi connectivity index (χ3n) is 6.30. The SMILES string of the molecule is O=c1cc(-c2ccc(O)c(O)c2)oc2cc(O)cc(Oc3cc(O)cc4oc(-c5ccc(O)c(O)c5)cc(=O)c34)c12. The highest BCUT2D eigenvalue weighted by Gasteiger charge is 2.19. The summed E-state index contributed by atoms with van der Waals surface area (Å²) in [5.41, 5.74) is -0.787. The quantitative estimate of drug-likeness (QED) is 0.156. The largest absolute Gasteiger partial charge is 0.508 e. The highest BCUT2D eigenvalue weighted by molar-refractivity contribution is 5.90. The van der Waals surface area contributed by atoms with Crippen LogP contribution in [0.2, 0.25) is 0 Å².